The first-order chi connectivity index (χ1) is 8.63. The number of ether oxygens (including phenoxy) is 2. The topological polar surface area (TPSA) is 52.6 Å². The van der Waals surface area contributed by atoms with Gasteiger partial charge in [0, 0.05) is 6.08 Å². The summed E-state index contributed by atoms with van der Waals surface area (Å²) in [6, 6.07) is 0. The summed E-state index contributed by atoms with van der Waals surface area (Å²) in [7, 11) is 0. The van der Waals surface area contributed by atoms with Crippen molar-refractivity contribution in [1.29, 1.82) is 0 Å². The van der Waals surface area contributed by atoms with Crippen molar-refractivity contribution < 1.29 is 19.1 Å². The van der Waals surface area contributed by atoms with Gasteiger partial charge in [-0.1, -0.05) is 39.5 Å². The first kappa shape index (κ1) is 14.7. The molecule has 0 saturated carbocycles. The summed E-state index contributed by atoms with van der Waals surface area (Å²) in [5.41, 5.74) is 0. The molecule has 0 aromatic rings. The molecule has 0 aromatic carbocycles. The van der Waals surface area contributed by atoms with Crippen LogP contribution in [0.1, 0.15) is 52.4 Å². The minimum absolute atomic E-state index is 0.0744. The summed E-state index contributed by atoms with van der Waals surface area (Å²) in [5, 5.41) is 0. The Bertz CT molecular complexity index is 309. The number of hydrogen-bond acceptors (Lipinski definition) is 4. The Morgan fingerprint density at radius 2 is 2.28 bits per heavy atom. The second kappa shape index (κ2) is 7.90. The van der Waals surface area contributed by atoms with Gasteiger partial charge in [-0.3, -0.25) is 9.59 Å². The van der Waals surface area contributed by atoms with Gasteiger partial charge in [-0.05, 0) is 6.42 Å². The molecule has 18 heavy (non-hydrogen) atoms. The number of allylic oxidation sites excluding steroid dienone is 1. The van der Waals surface area contributed by atoms with Gasteiger partial charge in [-0.15, -0.1) is 0 Å². The van der Waals surface area contributed by atoms with Crippen molar-refractivity contribution in [3.8, 4) is 0 Å². The van der Waals surface area contributed by atoms with Crippen molar-refractivity contribution in [2.24, 2.45) is 5.92 Å². The molecule has 4 heteroatoms. The molecule has 102 valence electrons. The van der Waals surface area contributed by atoms with E-state index >= 15 is 0 Å². The van der Waals surface area contributed by atoms with Crippen LogP contribution in [0, 0.1) is 5.92 Å². The number of carbonyl (C=O) groups is 2. The summed E-state index contributed by atoms with van der Waals surface area (Å²) >= 11 is 0. The predicted octanol–water partition coefficient (Wildman–Crippen LogP) is 2.97. The van der Waals surface area contributed by atoms with Crippen LogP contribution in [0.25, 0.3) is 0 Å². The van der Waals surface area contributed by atoms with Crippen LogP contribution in [0.3, 0.4) is 0 Å². The van der Waals surface area contributed by atoms with Crippen LogP contribution < -0.4 is 0 Å². The van der Waals surface area contributed by atoms with Crippen LogP contribution in [0.5, 0.6) is 0 Å². The third kappa shape index (κ3) is 5.34. The molecule has 0 radical (unpaired) electrons. The molecule has 0 bridgehead atoms. The van der Waals surface area contributed by atoms with E-state index < -0.39 is 6.29 Å². The van der Waals surface area contributed by atoms with Gasteiger partial charge in [0.15, 0.2) is 5.78 Å². The third-order valence-electron chi connectivity index (χ3n) is 2.99. The van der Waals surface area contributed by atoms with Gasteiger partial charge >= 0.3 is 5.97 Å². The van der Waals surface area contributed by atoms with E-state index in [0.29, 0.717) is 0 Å². The number of rotatable bonds is 7. The van der Waals surface area contributed by atoms with Gasteiger partial charge in [0.1, 0.15) is 0 Å². The number of carbonyl (C=O) groups excluding carboxylic acids is 2. The molecule has 0 fully saturated rings. The van der Waals surface area contributed by atoms with E-state index in [1.807, 2.05) is 6.92 Å². The monoisotopic (exact) mass is 254 g/mol. The fourth-order valence-corrected chi connectivity index (χ4v) is 1.79. The van der Waals surface area contributed by atoms with E-state index in [2.05, 4.69) is 6.92 Å². The molecule has 1 heterocycles. The van der Waals surface area contributed by atoms with Crippen molar-refractivity contribution in [1.82, 2.24) is 0 Å². The number of unbranched alkanes of at least 4 members (excludes halogenated alkanes) is 3. The molecular formula is C14H22O4. The average Bonchev–Trinajstić information content (AvgIpc) is 2.34. The highest BCUT2D eigenvalue weighted by atomic mass is 16.7. The largest absolute Gasteiger partial charge is 0.462 e. The van der Waals surface area contributed by atoms with Crippen LogP contribution in [0.2, 0.25) is 0 Å². The minimum Gasteiger partial charge on any atom is -0.462 e. The highest BCUT2D eigenvalue weighted by Gasteiger charge is 2.23. The lowest BCUT2D eigenvalue weighted by molar-refractivity contribution is -0.176. The molecule has 1 aliphatic rings. The third-order valence-corrected chi connectivity index (χ3v) is 2.99. The average molecular weight is 254 g/mol. The zero-order valence-corrected chi connectivity index (χ0v) is 11.2. The molecule has 0 spiro atoms. The van der Waals surface area contributed by atoms with Crippen LogP contribution in [-0.4, -0.2) is 18.0 Å². The maximum atomic E-state index is 11.7. The lowest BCUT2D eigenvalue weighted by Crippen LogP contribution is -2.27. The van der Waals surface area contributed by atoms with Crippen molar-refractivity contribution >= 4 is 11.8 Å². The molecule has 0 N–H and O–H groups in total. The Morgan fingerprint density at radius 1 is 1.50 bits per heavy atom. The quantitative estimate of drug-likeness (QED) is 0.517. The Balaban J connectivity index is 2.22. The first-order valence-electron chi connectivity index (χ1n) is 6.68. The van der Waals surface area contributed by atoms with E-state index in [4.69, 9.17) is 9.47 Å². The molecule has 0 amide bonds. The van der Waals surface area contributed by atoms with E-state index in [9.17, 15) is 9.59 Å². The Hall–Kier alpha value is -1.32. The Morgan fingerprint density at radius 3 is 2.94 bits per heavy atom. The molecular weight excluding hydrogens is 232 g/mol. The van der Waals surface area contributed by atoms with Crippen LogP contribution in [0.4, 0.5) is 0 Å². The first-order valence-corrected chi connectivity index (χ1v) is 6.68. The van der Waals surface area contributed by atoms with Gasteiger partial charge in [0.05, 0.1) is 18.6 Å². The standard InChI is InChI=1S/C14H22O4/c1-3-4-5-6-7-11(2)14(16)18-13-10-12(15)8-9-17-13/h8-9,11,13H,3-7,10H2,1-2H3. The second-order valence-electron chi connectivity index (χ2n) is 4.73. The smallest absolute Gasteiger partial charge is 0.311 e. The highest BCUT2D eigenvalue weighted by molar-refractivity contribution is 5.90. The Kier molecular flexibility index (Phi) is 6.47. The summed E-state index contributed by atoms with van der Waals surface area (Å²) in [6.07, 6.45) is 7.40. The fraction of sp³-hybridized carbons (Fsp3) is 0.714. The van der Waals surface area contributed by atoms with Crippen molar-refractivity contribution in [2.45, 2.75) is 58.7 Å². The minimum atomic E-state index is -0.743. The fourth-order valence-electron chi connectivity index (χ4n) is 1.79. The molecule has 2 atom stereocenters. The molecule has 2 unspecified atom stereocenters. The van der Waals surface area contributed by atoms with Crippen molar-refractivity contribution in [2.75, 3.05) is 0 Å². The summed E-state index contributed by atoms with van der Waals surface area (Å²) in [6.45, 7) is 4.01. The maximum Gasteiger partial charge on any atom is 0.311 e. The van der Waals surface area contributed by atoms with Gasteiger partial charge in [-0.2, -0.15) is 0 Å². The zero-order chi connectivity index (χ0) is 13.4. The highest BCUT2D eigenvalue weighted by Crippen LogP contribution is 2.16. The predicted molar refractivity (Wildman–Crippen MR) is 67.7 cm³/mol. The normalized spacial score (nSPS) is 20.3. The molecule has 0 aliphatic carbocycles. The number of ketones is 1. The lowest BCUT2D eigenvalue weighted by Gasteiger charge is -2.20. The Labute approximate surface area is 108 Å². The number of esters is 1. The van der Waals surface area contributed by atoms with Crippen molar-refractivity contribution in [3.63, 3.8) is 0 Å². The number of hydrogen-bond donors (Lipinski definition) is 0. The molecule has 1 aliphatic heterocycles. The van der Waals surface area contributed by atoms with Crippen LogP contribution in [0.15, 0.2) is 12.3 Å². The molecule has 0 saturated heterocycles. The SMILES string of the molecule is CCCCCCC(C)C(=O)OC1CC(=O)C=CO1. The van der Waals surface area contributed by atoms with E-state index in [-0.39, 0.29) is 24.1 Å². The maximum absolute atomic E-state index is 11.7. The summed E-state index contributed by atoms with van der Waals surface area (Å²) < 4.78 is 10.2. The van der Waals surface area contributed by atoms with Gasteiger partial charge in [0.2, 0.25) is 0 Å². The molecule has 4 nitrogen and oxygen atoms in total. The lowest BCUT2D eigenvalue weighted by atomic mass is 10.0. The van der Waals surface area contributed by atoms with Crippen LogP contribution in [-0.2, 0) is 19.1 Å². The van der Waals surface area contributed by atoms with E-state index in [1.54, 1.807) is 0 Å². The zero-order valence-electron chi connectivity index (χ0n) is 11.2. The molecule has 0 aromatic heterocycles. The second-order valence-corrected chi connectivity index (χ2v) is 4.73. The molecule has 1 rings (SSSR count). The van der Waals surface area contributed by atoms with Gasteiger partial charge in [-0.25, -0.2) is 0 Å². The van der Waals surface area contributed by atoms with Gasteiger partial charge < -0.3 is 9.47 Å². The van der Waals surface area contributed by atoms with Crippen molar-refractivity contribution in [3.05, 3.63) is 12.3 Å². The van der Waals surface area contributed by atoms with E-state index in [0.717, 1.165) is 19.3 Å². The van der Waals surface area contributed by atoms with Gasteiger partial charge in [0.25, 0.3) is 6.29 Å². The van der Waals surface area contributed by atoms with E-state index in [1.165, 1.54) is 25.2 Å². The van der Waals surface area contributed by atoms with Crippen LogP contribution >= 0.6 is 0 Å². The summed E-state index contributed by atoms with van der Waals surface area (Å²) in [4.78, 5) is 22.9. The summed E-state index contributed by atoms with van der Waals surface area (Å²) in [5.74, 6) is -0.485.